The molecule has 0 aliphatic carbocycles. The molecule has 1 aliphatic heterocycles. The highest BCUT2D eigenvalue weighted by Crippen LogP contribution is 2.38. The normalized spacial score (nSPS) is 13.4. The summed E-state index contributed by atoms with van der Waals surface area (Å²) in [6.07, 6.45) is 5.53. The lowest BCUT2D eigenvalue weighted by molar-refractivity contribution is 0.0984. The fourth-order valence-corrected chi connectivity index (χ4v) is 3.86. The summed E-state index contributed by atoms with van der Waals surface area (Å²) in [4.78, 5) is 15.1. The van der Waals surface area contributed by atoms with E-state index in [4.69, 9.17) is 4.74 Å². The summed E-state index contributed by atoms with van der Waals surface area (Å²) < 4.78 is 8.23. The van der Waals surface area contributed by atoms with Crippen molar-refractivity contribution in [2.75, 3.05) is 18.6 Å². The number of anilines is 1. The highest BCUT2D eigenvalue weighted by Gasteiger charge is 2.27. The van der Waals surface area contributed by atoms with E-state index >= 15 is 0 Å². The zero-order valence-corrected chi connectivity index (χ0v) is 16.9. The van der Waals surface area contributed by atoms with E-state index in [1.54, 1.807) is 18.0 Å². The van der Waals surface area contributed by atoms with Gasteiger partial charge in [0.15, 0.2) is 0 Å². The molecule has 0 saturated heterocycles. The molecule has 1 aliphatic rings. The maximum Gasteiger partial charge on any atom is 0.258 e. The van der Waals surface area contributed by atoms with Gasteiger partial charge in [-0.25, -0.2) is 4.68 Å². The van der Waals surface area contributed by atoms with Crippen LogP contribution in [0.4, 0.5) is 5.69 Å². The van der Waals surface area contributed by atoms with Crippen molar-refractivity contribution >= 4 is 27.5 Å². The lowest BCUT2D eigenvalue weighted by Crippen LogP contribution is -2.36. The van der Waals surface area contributed by atoms with Gasteiger partial charge in [-0.15, -0.1) is 0 Å². The number of ether oxygens (including phenoxy) is 1. The van der Waals surface area contributed by atoms with Gasteiger partial charge < -0.3 is 9.64 Å². The Bertz CT molecular complexity index is 995. The molecule has 5 nitrogen and oxygen atoms in total. The molecular formula is C21H20BrN3O2. The molecule has 0 fully saturated rings. The second kappa shape index (κ2) is 7.19. The minimum atomic E-state index is -0.00644. The van der Waals surface area contributed by atoms with Gasteiger partial charge in [0, 0.05) is 18.3 Å². The summed E-state index contributed by atoms with van der Waals surface area (Å²) in [6, 6.07) is 11.5. The van der Waals surface area contributed by atoms with Crippen LogP contribution < -0.4 is 9.64 Å². The van der Waals surface area contributed by atoms with E-state index in [1.807, 2.05) is 41.4 Å². The first-order chi connectivity index (χ1) is 13.1. The van der Waals surface area contributed by atoms with Gasteiger partial charge in [0.1, 0.15) is 5.75 Å². The number of aryl methyl sites for hydroxylation is 1. The van der Waals surface area contributed by atoms with Crippen molar-refractivity contribution in [3.63, 3.8) is 0 Å². The lowest BCUT2D eigenvalue weighted by Gasteiger charge is -2.32. The smallest absolute Gasteiger partial charge is 0.258 e. The lowest BCUT2D eigenvalue weighted by atomic mass is 9.95. The van der Waals surface area contributed by atoms with E-state index in [2.05, 4.69) is 34.0 Å². The largest absolute Gasteiger partial charge is 0.495 e. The molecule has 0 atom stereocenters. The standard InChI is InChI=1S/C21H20BrN3O2/c1-14-5-10-19(27-2)20-18(14)4-3-11-24(20)21(26)15-6-8-17(9-7-15)25-13-16(22)12-23-25/h5-10,12-13H,3-4,11H2,1-2H3. The van der Waals surface area contributed by atoms with E-state index < -0.39 is 0 Å². The predicted molar refractivity (Wildman–Crippen MR) is 109 cm³/mol. The molecule has 3 aromatic rings. The van der Waals surface area contributed by atoms with E-state index in [-0.39, 0.29) is 5.91 Å². The Morgan fingerprint density at radius 2 is 1.96 bits per heavy atom. The van der Waals surface area contributed by atoms with Crippen molar-refractivity contribution in [2.24, 2.45) is 0 Å². The summed E-state index contributed by atoms with van der Waals surface area (Å²) in [5, 5.41) is 4.27. The average molecular weight is 426 g/mol. The molecule has 0 spiro atoms. The van der Waals surface area contributed by atoms with E-state index in [1.165, 1.54) is 11.1 Å². The number of aromatic nitrogens is 2. The Balaban J connectivity index is 1.67. The number of benzene rings is 2. The van der Waals surface area contributed by atoms with E-state index in [9.17, 15) is 4.79 Å². The Kier molecular flexibility index (Phi) is 4.74. The molecule has 4 rings (SSSR count). The van der Waals surface area contributed by atoms with Gasteiger partial charge in [-0.05, 0) is 77.2 Å². The monoisotopic (exact) mass is 425 g/mol. The fourth-order valence-electron chi connectivity index (χ4n) is 3.58. The maximum absolute atomic E-state index is 13.2. The molecule has 6 heteroatoms. The number of fused-ring (bicyclic) bond motifs is 1. The molecule has 2 aromatic carbocycles. The van der Waals surface area contributed by atoms with Crippen LogP contribution in [0.3, 0.4) is 0 Å². The molecule has 0 saturated carbocycles. The number of carbonyl (C=O) groups excluding carboxylic acids is 1. The van der Waals surface area contributed by atoms with Crippen molar-refractivity contribution in [1.29, 1.82) is 0 Å². The summed E-state index contributed by atoms with van der Waals surface area (Å²) in [7, 11) is 1.65. The summed E-state index contributed by atoms with van der Waals surface area (Å²) >= 11 is 3.40. The van der Waals surface area contributed by atoms with Crippen molar-refractivity contribution in [3.05, 3.63) is 70.0 Å². The maximum atomic E-state index is 13.2. The van der Waals surface area contributed by atoms with Crippen LogP contribution in [0.2, 0.25) is 0 Å². The molecule has 0 unspecified atom stereocenters. The van der Waals surface area contributed by atoms with Crippen molar-refractivity contribution in [1.82, 2.24) is 9.78 Å². The Morgan fingerprint density at radius 1 is 1.19 bits per heavy atom. The molecule has 0 bridgehead atoms. The third-order valence-corrected chi connectivity index (χ3v) is 5.36. The number of nitrogens with zero attached hydrogens (tertiary/aromatic N) is 3. The quantitative estimate of drug-likeness (QED) is 0.618. The zero-order valence-electron chi connectivity index (χ0n) is 15.3. The van der Waals surface area contributed by atoms with Crippen LogP contribution in [0.25, 0.3) is 5.69 Å². The molecular weight excluding hydrogens is 406 g/mol. The van der Waals surface area contributed by atoms with Crippen LogP contribution in [-0.4, -0.2) is 29.3 Å². The minimum Gasteiger partial charge on any atom is -0.495 e. The van der Waals surface area contributed by atoms with Crippen molar-refractivity contribution < 1.29 is 9.53 Å². The zero-order chi connectivity index (χ0) is 19.0. The number of hydrogen-bond donors (Lipinski definition) is 0. The van der Waals surface area contributed by atoms with Gasteiger partial charge in [-0.1, -0.05) is 6.07 Å². The Hall–Kier alpha value is -2.60. The van der Waals surface area contributed by atoms with Gasteiger partial charge in [0.05, 0.1) is 29.2 Å². The van der Waals surface area contributed by atoms with Crippen LogP contribution in [0.15, 0.2) is 53.3 Å². The number of halogens is 1. The van der Waals surface area contributed by atoms with E-state index in [0.29, 0.717) is 12.1 Å². The number of hydrogen-bond acceptors (Lipinski definition) is 3. The van der Waals surface area contributed by atoms with Gasteiger partial charge in [-0.2, -0.15) is 5.10 Å². The first-order valence-corrected chi connectivity index (χ1v) is 9.66. The molecule has 138 valence electrons. The number of methoxy groups -OCH3 is 1. The third-order valence-electron chi connectivity index (χ3n) is 4.95. The molecule has 2 heterocycles. The second-order valence-electron chi connectivity index (χ2n) is 6.62. The topological polar surface area (TPSA) is 47.4 Å². The predicted octanol–water partition coefficient (Wildman–Crippen LogP) is 4.54. The Labute approximate surface area is 166 Å². The van der Waals surface area contributed by atoms with Crippen LogP contribution in [0, 0.1) is 6.92 Å². The number of carbonyl (C=O) groups is 1. The van der Waals surface area contributed by atoms with Crippen molar-refractivity contribution in [2.45, 2.75) is 19.8 Å². The minimum absolute atomic E-state index is 0.00644. The molecule has 1 aromatic heterocycles. The summed E-state index contributed by atoms with van der Waals surface area (Å²) in [6.45, 7) is 2.78. The van der Waals surface area contributed by atoms with Gasteiger partial charge in [0.25, 0.3) is 5.91 Å². The van der Waals surface area contributed by atoms with Gasteiger partial charge >= 0.3 is 0 Å². The van der Waals surface area contributed by atoms with Crippen LogP contribution in [0.1, 0.15) is 27.9 Å². The second-order valence-corrected chi connectivity index (χ2v) is 7.54. The first kappa shape index (κ1) is 17.8. The summed E-state index contributed by atoms with van der Waals surface area (Å²) in [5.41, 5.74) is 4.87. The average Bonchev–Trinajstić information content (AvgIpc) is 3.14. The highest BCUT2D eigenvalue weighted by molar-refractivity contribution is 9.10. The number of amides is 1. The van der Waals surface area contributed by atoms with Gasteiger partial charge in [-0.3, -0.25) is 4.79 Å². The van der Waals surface area contributed by atoms with Gasteiger partial charge in [0.2, 0.25) is 0 Å². The number of rotatable bonds is 3. The SMILES string of the molecule is COc1ccc(C)c2c1N(C(=O)c1ccc(-n3cc(Br)cn3)cc1)CCC2. The van der Waals surface area contributed by atoms with Crippen LogP contribution >= 0.6 is 15.9 Å². The molecule has 1 amide bonds. The van der Waals surface area contributed by atoms with Crippen LogP contribution in [0.5, 0.6) is 5.75 Å². The molecule has 27 heavy (non-hydrogen) atoms. The van der Waals surface area contributed by atoms with Crippen molar-refractivity contribution in [3.8, 4) is 11.4 Å². The molecule has 0 radical (unpaired) electrons. The Morgan fingerprint density at radius 3 is 2.63 bits per heavy atom. The first-order valence-electron chi connectivity index (χ1n) is 8.87. The third kappa shape index (κ3) is 3.25. The highest BCUT2D eigenvalue weighted by atomic mass is 79.9. The van der Waals surface area contributed by atoms with E-state index in [0.717, 1.165) is 34.4 Å². The summed E-state index contributed by atoms with van der Waals surface area (Å²) in [5.74, 6) is 0.745. The fraction of sp³-hybridized carbons (Fsp3) is 0.238. The molecule has 0 N–H and O–H groups in total. The van der Waals surface area contributed by atoms with Crippen LogP contribution in [-0.2, 0) is 6.42 Å².